The lowest BCUT2D eigenvalue weighted by atomic mass is 10.1. The summed E-state index contributed by atoms with van der Waals surface area (Å²) in [5.74, 6) is 0. The molecular formula is C17H18F3NO3S. The van der Waals surface area contributed by atoms with Crippen LogP contribution in [0.25, 0.3) is 0 Å². The lowest BCUT2D eigenvalue weighted by molar-refractivity contribution is -0.137. The van der Waals surface area contributed by atoms with E-state index in [1.54, 1.807) is 19.1 Å². The molecule has 0 fully saturated rings. The van der Waals surface area contributed by atoms with Gasteiger partial charge in [-0.1, -0.05) is 29.8 Å². The van der Waals surface area contributed by atoms with Crippen LogP contribution in [0.3, 0.4) is 0 Å². The van der Waals surface area contributed by atoms with Crippen LogP contribution in [0.15, 0.2) is 47.4 Å². The van der Waals surface area contributed by atoms with Crippen molar-refractivity contribution >= 4 is 10.0 Å². The van der Waals surface area contributed by atoms with Gasteiger partial charge in [0.05, 0.1) is 16.6 Å². The summed E-state index contributed by atoms with van der Waals surface area (Å²) in [6.07, 6.45) is -5.73. The first kappa shape index (κ1) is 19.4. The second kappa shape index (κ2) is 7.15. The fourth-order valence-corrected chi connectivity index (χ4v) is 3.64. The number of aryl methyl sites for hydroxylation is 2. The van der Waals surface area contributed by atoms with Crippen LogP contribution >= 0.6 is 0 Å². The summed E-state index contributed by atoms with van der Waals surface area (Å²) >= 11 is 0. The Morgan fingerprint density at radius 3 is 2.20 bits per heavy atom. The third kappa shape index (κ3) is 4.81. The number of rotatable bonds is 5. The van der Waals surface area contributed by atoms with Gasteiger partial charge in [0.1, 0.15) is 0 Å². The van der Waals surface area contributed by atoms with Crippen LogP contribution in [0.2, 0.25) is 0 Å². The highest BCUT2D eigenvalue weighted by molar-refractivity contribution is 7.89. The van der Waals surface area contributed by atoms with Crippen molar-refractivity contribution in [3.8, 4) is 0 Å². The third-order valence-electron chi connectivity index (χ3n) is 3.71. The molecular weight excluding hydrogens is 355 g/mol. The quantitative estimate of drug-likeness (QED) is 0.845. The van der Waals surface area contributed by atoms with Crippen LogP contribution in [-0.4, -0.2) is 20.1 Å². The maximum Gasteiger partial charge on any atom is 0.416 e. The predicted molar refractivity (Wildman–Crippen MR) is 87.5 cm³/mol. The minimum atomic E-state index is -4.46. The first-order chi connectivity index (χ1) is 11.5. The number of alkyl halides is 3. The van der Waals surface area contributed by atoms with E-state index < -0.39 is 27.9 Å². The summed E-state index contributed by atoms with van der Waals surface area (Å²) in [7, 11) is -3.83. The van der Waals surface area contributed by atoms with Gasteiger partial charge in [-0.05, 0) is 43.2 Å². The molecule has 2 aromatic rings. The fraction of sp³-hybridized carbons (Fsp3) is 0.294. The number of hydrogen-bond donors (Lipinski definition) is 2. The molecule has 0 bridgehead atoms. The summed E-state index contributed by atoms with van der Waals surface area (Å²) < 4.78 is 64.5. The van der Waals surface area contributed by atoms with Gasteiger partial charge in [0.15, 0.2) is 0 Å². The molecule has 0 saturated carbocycles. The minimum Gasteiger partial charge on any atom is -0.387 e. The summed E-state index contributed by atoms with van der Waals surface area (Å²) in [5, 5.41) is 10.0. The molecule has 1 unspecified atom stereocenters. The van der Waals surface area contributed by atoms with Gasteiger partial charge in [-0.25, -0.2) is 13.1 Å². The van der Waals surface area contributed by atoms with E-state index in [0.29, 0.717) is 5.56 Å². The summed E-state index contributed by atoms with van der Waals surface area (Å²) in [4.78, 5) is 0.0951. The number of aliphatic hydroxyl groups is 1. The van der Waals surface area contributed by atoms with E-state index in [9.17, 15) is 26.7 Å². The molecule has 4 nitrogen and oxygen atoms in total. The van der Waals surface area contributed by atoms with Crippen LogP contribution in [-0.2, 0) is 16.2 Å². The Kier molecular flexibility index (Phi) is 5.55. The number of sulfonamides is 1. The van der Waals surface area contributed by atoms with Gasteiger partial charge >= 0.3 is 6.18 Å². The zero-order chi connectivity index (χ0) is 18.8. The molecule has 2 rings (SSSR count). The van der Waals surface area contributed by atoms with Crippen molar-refractivity contribution in [1.82, 2.24) is 4.72 Å². The molecule has 1 atom stereocenters. The molecule has 0 amide bonds. The average Bonchev–Trinajstić information content (AvgIpc) is 2.51. The lowest BCUT2D eigenvalue weighted by Gasteiger charge is -2.15. The maximum absolute atomic E-state index is 12.5. The highest BCUT2D eigenvalue weighted by Gasteiger charge is 2.30. The predicted octanol–water partition coefficient (Wildman–Crippen LogP) is 3.33. The zero-order valence-corrected chi connectivity index (χ0v) is 14.4. The summed E-state index contributed by atoms with van der Waals surface area (Å²) in [6.45, 7) is 3.15. The minimum absolute atomic E-state index is 0.0951. The van der Waals surface area contributed by atoms with Gasteiger partial charge in [0, 0.05) is 6.54 Å². The smallest absolute Gasteiger partial charge is 0.387 e. The Bertz CT molecular complexity index is 846. The molecule has 0 aromatic heterocycles. The van der Waals surface area contributed by atoms with Crippen LogP contribution in [0.5, 0.6) is 0 Å². The van der Waals surface area contributed by atoms with Crippen molar-refractivity contribution in [3.63, 3.8) is 0 Å². The van der Waals surface area contributed by atoms with Crippen LogP contribution in [0.4, 0.5) is 13.2 Å². The van der Waals surface area contributed by atoms with Crippen LogP contribution in [0.1, 0.15) is 28.4 Å². The van der Waals surface area contributed by atoms with E-state index in [0.717, 1.165) is 29.8 Å². The van der Waals surface area contributed by atoms with E-state index in [1.807, 2.05) is 6.92 Å². The Hall–Kier alpha value is -1.90. The summed E-state index contributed by atoms with van der Waals surface area (Å²) in [6, 6.07) is 8.79. The number of hydrogen-bond acceptors (Lipinski definition) is 3. The van der Waals surface area contributed by atoms with Crippen molar-refractivity contribution in [3.05, 3.63) is 64.7 Å². The highest BCUT2D eigenvalue weighted by atomic mass is 32.2. The van der Waals surface area contributed by atoms with E-state index in [-0.39, 0.29) is 17.0 Å². The maximum atomic E-state index is 12.5. The molecule has 136 valence electrons. The second-order valence-electron chi connectivity index (χ2n) is 5.76. The molecule has 0 saturated heterocycles. The van der Waals surface area contributed by atoms with Gasteiger partial charge in [0.25, 0.3) is 0 Å². The average molecular weight is 373 g/mol. The van der Waals surface area contributed by atoms with Crippen molar-refractivity contribution in [2.45, 2.75) is 31.0 Å². The zero-order valence-electron chi connectivity index (χ0n) is 13.6. The van der Waals surface area contributed by atoms with Crippen LogP contribution < -0.4 is 4.72 Å². The van der Waals surface area contributed by atoms with E-state index in [1.165, 1.54) is 6.07 Å². The first-order valence-corrected chi connectivity index (χ1v) is 8.91. The Morgan fingerprint density at radius 2 is 1.68 bits per heavy atom. The third-order valence-corrected chi connectivity index (χ3v) is 5.29. The molecule has 2 N–H and O–H groups in total. The topological polar surface area (TPSA) is 66.4 Å². The molecule has 2 aromatic carbocycles. The molecule has 8 heteroatoms. The molecule has 0 spiro atoms. The molecule has 0 aliphatic heterocycles. The molecule has 0 aliphatic rings. The SMILES string of the molecule is Cc1ccc(S(=O)(=O)NCC(O)c2ccc(C(F)(F)F)cc2)c(C)c1. The highest BCUT2D eigenvalue weighted by Crippen LogP contribution is 2.30. The van der Waals surface area contributed by atoms with Crippen molar-refractivity contribution < 1.29 is 26.7 Å². The standard InChI is InChI=1S/C17H18F3NO3S/c1-11-3-8-16(12(2)9-11)25(23,24)21-10-15(22)13-4-6-14(7-5-13)17(18,19)20/h3-9,15,21-22H,10H2,1-2H3. The van der Waals surface area contributed by atoms with E-state index in [4.69, 9.17) is 0 Å². The van der Waals surface area contributed by atoms with E-state index in [2.05, 4.69) is 4.72 Å². The number of benzene rings is 2. The first-order valence-electron chi connectivity index (χ1n) is 7.43. The molecule has 0 heterocycles. The van der Waals surface area contributed by atoms with Gasteiger partial charge < -0.3 is 5.11 Å². The largest absolute Gasteiger partial charge is 0.416 e. The Labute approximate surface area is 144 Å². The van der Waals surface area contributed by atoms with Gasteiger partial charge in [-0.15, -0.1) is 0 Å². The summed E-state index contributed by atoms with van der Waals surface area (Å²) in [5.41, 5.74) is 0.841. The molecule has 0 aliphatic carbocycles. The van der Waals surface area contributed by atoms with E-state index >= 15 is 0 Å². The Morgan fingerprint density at radius 1 is 1.08 bits per heavy atom. The molecule has 0 radical (unpaired) electrons. The molecule has 25 heavy (non-hydrogen) atoms. The van der Waals surface area contributed by atoms with Gasteiger partial charge in [0.2, 0.25) is 10.0 Å². The number of halogens is 3. The number of nitrogens with one attached hydrogen (secondary N) is 1. The lowest BCUT2D eigenvalue weighted by Crippen LogP contribution is -2.29. The van der Waals surface area contributed by atoms with Crippen molar-refractivity contribution in [2.75, 3.05) is 6.54 Å². The Balaban J connectivity index is 2.09. The fourth-order valence-electron chi connectivity index (χ4n) is 2.38. The second-order valence-corrected chi connectivity index (χ2v) is 7.49. The number of aliphatic hydroxyl groups excluding tert-OH is 1. The van der Waals surface area contributed by atoms with Crippen LogP contribution in [0, 0.1) is 13.8 Å². The normalized spacial score (nSPS) is 13.7. The van der Waals surface area contributed by atoms with Crippen molar-refractivity contribution in [2.24, 2.45) is 0 Å². The van der Waals surface area contributed by atoms with Gasteiger partial charge in [-0.3, -0.25) is 0 Å². The van der Waals surface area contributed by atoms with Gasteiger partial charge in [-0.2, -0.15) is 13.2 Å². The van der Waals surface area contributed by atoms with Crippen molar-refractivity contribution in [1.29, 1.82) is 0 Å². The monoisotopic (exact) mass is 373 g/mol.